The van der Waals surface area contributed by atoms with E-state index < -0.39 is 19.5 Å². The Morgan fingerprint density at radius 3 is 0.946 bits per heavy atom. The van der Waals surface area contributed by atoms with Crippen LogP contribution in [0.25, 0.3) is 21.5 Å². The summed E-state index contributed by atoms with van der Waals surface area (Å²) < 4.78 is 29.5. The van der Waals surface area contributed by atoms with Crippen molar-refractivity contribution in [1.29, 1.82) is 0 Å². The Kier molecular flexibility index (Phi) is 11.6. The normalized spacial score (nSPS) is 11.9. The fraction of sp³-hybridized carbons (Fsp3) is 0.154. The molecule has 0 aliphatic heterocycles. The van der Waals surface area contributed by atoms with Crippen LogP contribution in [0.1, 0.15) is 33.4 Å². The first kappa shape index (κ1) is 37.2. The Morgan fingerprint density at radius 1 is 0.321 bits per heavy atom. The highest BCUT2D eigenvalue weighted by Crippen LogP contribution is 2.45. The van der Waals surface area contributed by atoms with E-state index in [-0.39, 0.29) is 0 Å². The van der Waals surface area contributed by atoms with Crippen LogP contribution in [0, 0.1) is 0 Å². The van der Waals surface area contributed by atoms with Gasteiger partial charge in [0, 0.05) is 43.1 Å². The van der Waals surface area contributed by atoms with E-state index in [0.29, 0.717) is 38.5 Å². The number of rotatable bonds is 16. The molecule has 8 rings (SSSR count). The van der Waals surface area contributed by atoms with Crippen molar-refractivity contribution in [2.45, 2.75) is 49.7 Å². The SMILES string of the molecule is O=[P+](OC(Cc1ccccc1)(Cc1ccccc1)Cc1cccc2ccccc12)OC(Cc1ccccc1)(Cc1ccccc1)Cc1cccc2ccccc12. The molecule has 4 heteroatoms. The first-order valence-electron chi connectivity index (χ1n) is 19.5. The van der Waals surface area contributed by atoms with Gasteiger partial charge in [0.05, 0.1) is 0 Å². The van der Waals surface area contributed by atoms with E-state index in [1.54, 1.807) is 0 Å². The Hall–Kier alpha value is -5.70. The van der Waals surface area contributed by atoms with Crippen molar-refractivity contribution >= 4 is 29.8 Å². The van der Waals surface area contributed by atoms with Crippen LogP contribution in [0.15, 0.2) is 206 Å². The molecule has 0 aromatic heterocycles. The zero-order chi connectivity index (χ0) is 38.0. The standard InChI is InChI=1S/C52H46O3P/c53-56(54-51(35-41-19-5-1-6-20-41,36-42-21-7-2-8-22-42)39-47-31-17-29-45-27-13-15-33-49(45)47)55-52(37-43-23-9-3-10-24-43,38-44-25-11-4-12-26-44)40-48-32-18-30-46-28-14-16-34-50(46)48/h1-34H,35-40H2/q+1. The molecular formula is C52H46O3P+. The summed E-state index contributed by atoms with van der Waals surface area (Å²) in [5.74, 6) is 0. The van der Waals surface area contributed by atoms with E-state index in [1.807, 2.05) is 24.3 Å². The van der Waals surface area contributed by atoms with E-state index >= 15 is 4.57 Å². The second-order valence-corrected chi connectivity index (χ2v) is 15.9. The fourth-order valence-electron chi connectivity index (χ4n) is 8.36. The van der Waals surface area contributed by atoms with Crippen LogP contribution in [0.5, 0.6) is 0 Å². The van der Waals surface area contributed by atoms with Gasteiger partial charge in [-0.25, -0.2) is 0 Å². The van der Waals surface area contributed by atoms with Gasteiger partial charge in [0.25, 0.3) is 0 Å². The second-order valence-electron chi connectivity index (χ2n) is 15.1. The van der Waals surface area contributed by atoms with Gasteiger partial charge in [0.2, 0.25) is 0 Å². The van der Waals surface area contributed by atoms with Crippen molar-refractivity contribution in [3.8, 4) is 0 Å². The molecule has 0 fully saturated rings. The van der Waals surface area contributed by atoms with Crippen LogP contribution < -0.4 is 0 Å². The smallest absolute Gasteiger partial charge is 0.111 e. The third kappa shape index (κ3) is 9.21. The molecule has 0 aliphatic carbocycles. The summed E-state index contributed by atoms with van der Waals surface area (Å²) in [6, 6.07) is 71.5. The molecule has 276 valence electrons. The number of hydrogen-bond acceptors (Lipinski definition) is 3. The van der Waals surface area contributed by atoms with Crippen LogP contribution in [0.2, 0.25) is 0 Å². The maximum Gasteiger partial charge on any atom is 0.698 e. The van der Waals surface area contributed by atoms with Gasteiger partial charge in [-0.05, 0) is 54.9 Å². The zero-order valence-corrected chi connectivity index (χ0v) is 32.4. The van der Waals surface area contributed by atoms with Crippen molar-refractivity contribution in [2.24, 2.45) is 0 Å². The van der Waals surface area contributed by atoms with E-state index in [0.717, 1.165) is 33.4 Å². The first-order valence-corrected chi connectivity index (χ1v) is 20.6. The van der Waals surface area contributed by atoms with Gasteiger partial charge >= 0.3 is 8.25 Å². The summed E-state index contributed by atoms with van der Waals surface area (Å²) in [6.07, 6.45) is 3.26. The summed E-state index contributed by atoms with van der Waals surface area (Å²) in [7, 11) is -2.67. The number of benzene rings is 8. The highest BCUT2D eigenvalue weighted by molar-refractivity contribution is 7.33. The molecule has 0 bridgehead atoms. The van der Waals surface area contributed by atoms with Crippen LogP contribution in [0.3, 0.4) is 0 Å². The summed E-state index contributed by atoms with van der Waals surface area (Å²) >= 11 is 0. The highest BCUT2D eigenvalue weighted by atomic mass is 31.1. The minimum atomic E-state index is -2.67. The predicted octanol–water partition coefficient (Wildman–Crippen LogP) is 12.9. The molecule has 0 unspecified atom stereocenters. The minimum absolute atomic E-state index is 0.538. The maximum atomic E-state index is 15.2. The first-order chi connectivity index (χ1) is 27.5. The van der Waals surface area contributed by atoms with E-state index in [4.69, 9.17) is 9.05 Å². The van der Waals surface area contributed by atoms with Crippen molar-refractivity contribution in [1.82, 2.24) is 0 Å². The zero-order valence-electron chi connectivity index (χ0n) is 31.5. The Morgan fingerprint density at radius 2 is 0.607 bits per heavy atom. The topological polar surface area (TPSA) is 35.5 Å². The lowest BCUT2D eigenvalue weighted by atomic mass is 9.82. The lowest BCUT2D eigenvalue weighted by Gasteiger charge is -2.32. The lowest BCUT2D eigenvalue weighted by Crippen LogP contribution is -2.41. The molecule has 8 aromatic carbocycles. The van der Waals surface area contributed by atoms with Gasteiger partial charge in [-0.2, -0.15) is 0 Å². The van der Waals surface area contributed by atoms with Gasteiger partial charge in [0.15, 0.2) is 0 Å². The van der Waals surface area contributed by atoms with Crippen LogP contribution in [-0.2, 0) is 52.1 Å². The summed E-state index contributed by atoms with van der Waals surface area (Å²) in [5.41, 5.74) is 4.93. The summed E-state index contributed by atoms with van der Waals surface area (Å²) in [5, 5.41) is 4.66. The second kappa shape index (κ2) is 17.4. The summed E-state index contributed by atoms with van der Waals surface area (Å²) in [4.78, 5) is 0. The Bertz CT molecular complexity index is 2230. The molecule has 0 N–H and O–H groups in total. The molecule has 0 saturated heterocycles. The predicted molar refractivity (Wildman–Crippen MR) is 231 cm³/mol. The molecule has 0 aliphatic rings. The van der Waals surface area contributed by atoms with Gasteiger partial charge < -0.3 is 0 Å². The van der Waals surface area contributed by atoms with Crippen molar-refractivity contribution in [2.75, 3.05) is 0 Å². The number of fused-ring (bicyclic) bond motifs is 2. The maximum absolute atomic E-state index is 15.2. The molecule has 0 heterocycles. The average molecular weight is 750 g/mol. The Labute approximate surface area is 331 Å². The van der Waals surface area contributed by atoms with Crippen LogP contribution in [0.4, 0.5) is 0 Å². The van der Waals surface area contributed by atoms with Gasteiger partial charge in [0.1, 0.15) is 11.2 Å². The van der Waals surface area contributed by atoms with Gasteiger partial charge in [-0.3, -0.25) is 0 Å². The van der Waals surface area contributed by atoms with E-state index in [2.05, 4.69) is 182 Å². The van der Waals surface area contributed by atoms with Gasteiger partial charge in [-0.15, -0.1) is 9.05 Å². The van der Waals surface area contributed by atoms with Crippen LogP contribution in [-0.4, -0.2) is 11.2 Å². The Balaban J connectivity index is 1.24. The molecule has 56 heavy (non-hydrogen) atoms. The molecule has 0 amide bonds. The molecule has 3 nitrogen and oxygen atoms in total. The van der Waals surface area contributed by atoms with E-state index in [1.165, 1.54) is 21.5 Å². The number of hydrogen-bond donors (Lipinski definition) is 0. The van der Waals surface area contributed by atoms with Gasteiger partial charge in [-0.1, -0.05) is 206 Å². The fourth-order valence-corrected chi connectivity index (χ4v) is 9.42. The molecule has 0 saturated carbocycles. The monoisotopic (exact) mass is 749 g/mol. The summed E-state index contributed by atoms with van der Waals surface area (Å²) in [6.45, 7) is 0. The van der Waals surface area contributed by atoms with Crippen molar-refractivity contribution < 1.29 is 13.6 Å². The van der Waals surface area contributed by atoms with Crippen molar-refractivity contribution in [3.63, 3.8) is 0 Å². The largest absolute Gasteiger partial charge is 0.698 e. The molecule has 0 radical (unpaired) electrons. The van der Waals surface area contributed by atoms with E-state index in [9.17, 15) is 0 Å². The highest BCUT2D eigenvalue weighted by Gasteiger charge is 2.49. The molecular weight excluding hydrogens is 704 g/mol. The minimum Gasteiger partial charge on any atom is -0.111 e. The molecule has 0 spiro atoms. The van der Waals surface area contributed by atoms with Crippen LogP contribution >= 0.6 is 8.25 Å². The average Bonchev–Trinajstić information content (AvgIpc) is 3.22. The lowest BCUT2D eigenvalue weighted by molar-refractivity contribution is 0.0112. The third-order valence-electron chi connectivity index (χ3n) is 10.8. The quantitative estimate of drug-likeness (QED) is 0.0923. The van der Waals surface area contributed by atoms with Crippen molar-refractivity contribution in [3.05, 3.63) is 240 Å². The third-order valence-corrected chi connectivity index (χ3v) is 11.9. The molecule has 0 atom stereocenters. The molecule has 8 aromatic rings.